The van der Waals surface area contributed by atoms with Crippen LogP contribution in [0, 0.1) is 0 Å². The van der Waals surface area contributed by atoms with Crippen LogP contribution in [-0.2, 0) is 20.6 Å². The number of benzene rings is 1. The van der Waals surface area contributed by atoms with Gasteiger partial charge < -0.3 is 14.0 Å². The van der Waals surface area contributed by atoms with Crippen LogP contribution in [0.15, 0.2) is 29.2 Å². The Labute approximate surface area is 95.7 Å². The van der Waals surface area contributed by atoms with Crippen molar-refractivity contribution >= 4 is 17.0 Å². The fourth-order valence-electron chi connectivity index (χ4n) is 0.997. The quantitative estimate of drug-likeness (QED) is 0.622. The van der Waals surface area contributed by atoms with Crippen LogP contribution in [0.2, 0.25) is 0 Å². The molecule has 0 aliphatic heterocycles. The van der Waals surface area contributed by atoms with Gasteiger partial charge in [-0.25, -0.2) is 9.00 Å². The van der Waals surface area contributed by atoms with Crippen molar-refractivity contribution in [1.82, 2.24) is 0 Å². The number of ether oxygens (including phenoxy) is 2. The Morgan fingerprint density at radius 3 is 2.50 bits per heavy atom. The maximum Gasteiger partial charge on any atom is 0.344 e. The minimum absolute atomic E-state index is 0.171. The number of esters is 1. The van der Waals surface area contributed by atoms with Crippen molar-refractivity contribution < 1.29 is 23.0 Å². The molecule has 0 spiro atoms. The first-order valence-corrected chi connectivity index (χ1v) is 5.73. The highest BCUT2D eigenvalue weighted by Gasteiger charge is 2.04. The lowest BCUT2D eigenvalue weighted by atomic mass is 10.3. The molecule has 1 aromatic rings. The molecule has 0 radical (unpaired) electrons. The average Bonchev–Trinajstić information content (AvgIpc) is 2.27. The minimum atomic E-state index is -2.00. The van der Waals surface area contributed by atoms with Gasteiger partial charge in [0, 0.05) is 0 Å². The second kappa shape index (κ2) is 6.24. The molecule has 5 nitrogen and oxygen atoms in total. The van der Waals surface area contributed by atoms with E-state index in [-0.39, 0.29) is 11.5 Å². The monoisotopic (exact) mass is 244 g/mol. The summed E-state index contributed by atoms with van der Waals surface area (Å²) in [6.45, 7) is 1.85. The maximum absolute atomic E-state index is 11.0. The molecule has 6 heteroatoms. The topological polar surface area (TPSA) is 72.8 Å². The molecule has 1 rings (SSSR count). The van der Waals surface area contributed by atoms with E-state index in [9.17, 15) is 9.00 Å². The van der Waals surface area contributed by atoms with E-state index >= 15 is 0 Å². The fourth-order valence-corrected chi connectivity index (χ4v) is 1.37. The van der Waals surface area contributed by atoms with Crippen LogP contribution >= 0.6 is 0 Å². The van der Waals surface area contributed by atoms with Crippen molar-refractivity contribution in [3.8, 4) is 5.75 Å². The molecule has 0 saturated carbocycles. The zero-order valence-corrected chi connectivity index (χ0v) is 9.53. The average molecular weight is 244 g/mol. The van der Waals surface area contributed by atoms with Crippen molar-refractivity contribution in [2.24, 2.45) is 0 Å². The Balaban J connectivity index is 2.49. The van der Waals surface area contributed by atoms with Gasteiger partial charge in [-0.15, -0.1) is 0 Å². The Hall–Kier alpha value is -1.40. The van der Waals surface area contributed by atoms with Crippen molar-refractivity contribution in [1.29, 1.82) is 0 Å². The van der Waals surface area contributed by atoms with Crippen LogP contribution < -0.4 is 4.74 Å². The Morgan fingerprint density at radius 2 is 2.00 bits per heavy atom. The SMILES string of the molecule is CCOC(=O)COc1ccc(S(=O)O)cc1. The summed E-state index contributed by atoms with van der Waals surface area (Å²) in [7, 11) is 0. The standard InChI is InChI=1S/C10H12O5S/c1-2-14-10(11)7-15-8-3-5-9(6-4-8)16(12)13/h3-6H,2,7H2,1H3,(H,12,13). The van der Waals surface area contributed by atoms with Crippen LogP contribution in [0.5, 0.6) is 5.75 Å². The number of hydrogen-bond acceptors (Lipinski definition) is 4. The summed E-state index contributed by atoms with van der Waals surface area (Å²) in [5.74, 6) is -0.000404. The van der Waals surface area contributed by atoms with E-state index < -0.39 is 17.0 Å². The molecule has 0 aliphatic carbocycles. The van der Waals surface area contributed by atoms with Crippen LogP contribution in [0.3, 0.4) is 0 Å². The smallest absolute Gasteiger partial charge is 0.344 e. The van der Waals surface area contributed by atoms with Gasteiger partial charge in [-0.1, -0.05) is 0 Å². The number of carbonyl (C=O) groups is 1. The van der Waals surface area contributed by atoms with Crippen molar-refractivity contribution in [3.63, 3.8) is 0 Å². The van der Waals surface area contributed by atoms with E-state index in [1.165, 1.54) is 24.3 Å². The summed E-state index contributed by atoms with van der Waals surface area (Å²) in [6, 6.07) is 5.94. The number of rotatable bonds is 5. The lowest BCUT2D eigenvalue weighted by molar-refractivity contribution is -0.145. The number of carbonyl (C=O) groups excluding carboxylic acids is 1. The van der Waals surface area contributed by atoms with Crippen LogP contribution in [0.1, 0.15) is 6.92 Å². The first-order valence-electron chi connectivity index (χ1n) is 4.63. The van der Waals surface area contributed by atoms with Gasteiger partial charge in [0.05, 0.1) is 11.5 Å². The summed E-state index contributed by atoms with van der Waals surface area (Å²) < 4.78 is 29.2. The third-order valence-electron chi connectivity index (χ3n) is 1.69. The molecule has 0 amide bonds. The molecule has 1 N–H and O–H groups in total. The minimum Gasteiger partial charge on any atom is -0.482 e. The van der Waals surface area contributed by atoms with Gasteiger partial charge in [-0.05, 0) is 31.2 Å². The fraction of sp³-hybridized carbons (Fsp3) is 0.300. The van der Waals surface area contributed by atoms with E-state index in [0.717, 1.165) is 0 Å². The Morgan fingerprint density at radius 1 is 1.38 bits per heavy atom. The van der Waals surface area contributed by atoms with E-state index in [1.807, 2.05) is 0 Å². The van der Waals surface area contributed by atoms with Gasteiger partial charge in [0.2, 0.25) is 0 Å². The molecule has 0 bridgehead atoms. The molecule has 0 aromatic heterocycles. The van der Waals surface area contributed by atoms with E-state index in [0.29, 0.717) is 12.4 Å². The molecule has 0 saturated heterocycles. The van der Waals surface area contributed by atoms with Gasteiger partial charge in [-0.2, -0.15) is 0 Å². The Kier molecular flexibility index (Phi) is 4.94. The first-order chi connectivity index (χ1) is 7.63. The first kappa shape index (κ1) is 12.7. The predicted octanol–water partition coefficient (Wildman–Crippen LogP) is 1.21. The molecular weight excluding hydrogens is 232 g/mol. The summed E-state index contributed by atoms with van der Waals surface area (Å²) in [6.07, 6.45) is 0. The maximum atomic E-state index is 11.0. The van der Waals surface area contributed by atoms with Gasteiger partial charge in [0.25, 0.3) is 0 Å². The molecule has 16 heavy (non-hydrogen) atoms. The zero-order chi connectivity index (χ0) is 12.0. The number of hydrogen-bond donors (Lipinski definition) is 1. The van der Waals surface area contributed by atoms with E-state index in [2.05, 4.69) is 4.74 Å². The molecule has 1 unspecified atom stereocenters. The zero-order valence-electron chi connectivity index (χ0n) is 8.71. The summed E-state index contributed by atoms with van der Waals surface area (Å²) in [5, 5.41) is 0. The molecule has 0 heterocycles. The lowest BCUT2D eigenvalue weighted by Crippen LogP contribution is -2.14. The summed E-state index contributed by atoms with van der Waals surface area (Å²) in [4.78, 5) is 11.2. The molecule has 0 aliphatic rings. The highest BCUT2D eigenvalue weighted by Crippen LogP contribution is 2.13. The molecule has 88 valence electrons. The highest BCUT2D eigenvalue weighted by atomic mass is 32.2. The second-order valence-corrected chi connectivity index (χ2v) is 3.78. The predicted molar refractivity (Wildman–Crippen MR) is 57.6 cm³/mol. The largest absolute Gasteiger partial charge is 0.482 e. The van der Waals surface area contributed by atoms with Crippen LogP contribution in [0.25, 0.3) is 0 Å². The molecular formula is C10H12O5S. The lowest BCUT2D eigenvalue weighted by Gasteiger charge is -2.05. The highest BCUT2D eigenvalue weighted by molar-refractivity contribution is 7.79. The van der Waals surface area contributed by atoms with Gasteiger partial charge in [0.1, 0.15) is 5.75 Å². The molecule has 0 fully saturated rings. The van der Waals surface area contributed by atoms with Gasteiger partial charge in [-0.3, -0.25) is 0 Å². The van der Waals surface area contributed by atoms with Crippen molar-refractivity contribution in [2.45, 2.75) is 11.8 Å². The van der Waals surface area contributed by atoms with Crippen molar-refractivity contribution in [2.75, 3.05) is 13.2 Å². The normalized spacial score (nSPS) is 11.9. The second-order valence-electron chi connectivity index (χ2n) is 2.81. The van der Waals surface area contributed by atoms with Crippen LogP contribution in [0.4, 0.5) is 0 Å². The van der Waals surface area contributed by atoms with Gasteiger partial charge >= 0.3 is 5.97 Å². The van der Waals surface area contributed by atoms with Gasteiger partial charge in [0.15, 0.2) is 17.7 Å². The van der Waals surface area contributed by atoms with E-state index in [1.54, 1.807) is 6.92 Å². The van der Waals surface area contributed by atoms with Crippen LogP contribution in [-0.4, -0.2) is 27.9 Å². The third-order valence-corrected chi connectivity index (χ3v) is 2.36. The molecule has 1 atom stereocenters. The van der Waals surface area contributed by atoms with Crippen molar-refractivity contribution in [3.05, 3.63) is 24.3 Å². The third kappa shape index (κ3) is 4.00. The van der Waals surface area contributed by atoms with E-state index in [4.69, 9.17) is 9.29 Å². The molecule has 1 aromatic carbocycles. The summed E-state index contributed by atoms with van der Waals surface area (Å²) in [5.41, 5.74) is 0. The Bertz CT molecular complexity index is 373. The summed E-state index contributed by atoms with van der Waals surface area (Å²) >= 11 is -2.00.